The summed E-state index contributed by atoms with van der Waals surface area (Å²) < 4.78 is 24.0. The molecule has 9 heteroatoms. The maximum atomic E-state index is 12.0. The van der Waals surface area contributed by atoms with Crippen molar-refractivity contribution in [2.75, 3.05) is 16.4 Å². The van der Waals surface area contributed by atoms with E-state index in [9.17, 15) is 18.0 Å². The first-order valence-electron chi connectivity index (χ1n) is 7.56. The topological polar surface area (TPSA) is 108 Å². The van der Waals surface area contributed by atoms with E-state index in [2.05, 4.69) is 4.99 Å². The highest BCUT2D eigenvalue weighted by Crippen LogP contribution is 2.41. The van der Waals surface area contributed by atoms with Gasteiger partial charge in [-0.15, -0.1) is 0 Å². The van der Waals surface area contributed by atoms with Crippen molar-refractivity contribution >= 4 is 44.1 Å². The van der Waals surface area contributed by atoms with Crippen molar-refractivity contribution in [2.24, 2.45) is 4.99 Å². The molecule has 0 unspecified atom stereocenters. The lowest BCUT2D eigenvalue weighted by Gasteiger charge is -2.24. The fraction of sp³-hybridized carbons (Fsp3) is 0.375. The number of Topliss-reactive ketones (excluding diaryl/α,β-unsaturated/α-hetero) is 1. The molecule has 0 aliphatic carbocycles. The van der Waals surface area contributed by atoms with Crippen LogP contribution in [0.4, 0.5) is 5.69 Å². The second kappa shape index (κ2) is 6.61. The van der Waals surface area contributed by atoms with Crippen LogP contribution < -0.4 is 4.90 Å². The summed E-state index contributed by atoms with van der Waals surface area (Å²) in [6, 6.07) is 8.23. The number of ketones is 1. The van der Waals surface area contributed by atoms with Crippen molar-refractivity contribution in [3.05, 3.63) is 29.8 Å². The number of benzene rings is 1. The average Bonchev–Trinajstić information content (AvgIpc) is 2.98. The van der Waals surface area contributed by atoms with Crippen LogP contribution in [0.15, 0.2) is 29.3 Å². The summed E-state index contributed by atoms with van der Waals surface area (Å²) in [6.07, 6.45) is -0.334. The molecule has 0 spiro atoms. The van der Waals surface area contributed by atoms with Crippen molar-refractivity contribution in [2.45, 2.75) is 24.6 Å². The minimum absolute atomic E-state index is 0.0245. The molecule has 0 bridgehead atoms. The Hall–Kier alpha value is -2.18. The molecule has 1 aromatic carbocycles. The number of hydrogen-bond acceptors (Lipinski definition) is 6. The Labute approximate surface area is 149 Å². The van der Waals surface area contributed by atoms with Crippen molar-refractivity contribution < 1.29 is 18.0 Å². The largest absolute Gasteiger partial charge is 0.316 e. The van der Waals surface area contributed by atoms with E-state index in [4.69, 9.17) is 5.26 Å². The fourth-order valence-corrected chi connectivity index (χ4v) is 6.89. The Kier molecular flexibility index (Phi) is 4.67. The molecule has 2 aliphatic rings. The number of aliphatic imine (C=N–C) groups is 1. The van der Waals surface area contributed by atoms with Crippen molar-refractivity contribution in [1.82, 2.24) is 0 Å². The third-order valence-electron chi connectivity index (χ3n) is 4.05. The van der Waals surface area contributed by atoms with Gasteiger partial charge in [0.05, 0.1) is 23.6 Å². The number of carbonyl (C=O) groups is 2. The molecule has 2 fully saturated rings. The number of amides is 1. The van der Waals surface area contributed by atoms with Gasteiger partial charge in [0.1, 0.15) is 6.42 Å². The van der Waals surface area contributed by atoms with Gasteiger partial charge in [-0.25, -0.2) is 8.42 Å². The minimum atomic E-state index is -3.16. The van der Waals surface area contributed by atoms with Crippen LogP contribution in [0.1, 0.15) is 23.7 Å². The van der Waals surface area contributed by atoms with Crippen LogP contribution >= 0.6 is 11.8 Å². The van der Waals surface area contributed by atoms with Gasteiger partial charge in [0, 0.05) is 16.5 Å². The normalized spacial score (nSPS) is 25.6. The monoisotopic (exact) mass is 377 g/mol. The number of amidine groups is 1. The first kappa shape index (κ1) is 17.6. The number of thioether (sulfide) groups is 1. The summed E-state index contributed by atoms with van der Waals surface area (Å²) in [5.74, 6) is -0.680. The van der Waals surface area contributed by atoms with Crippen molar-refractivity contribution in [3.63, 3.8) is 0 Å². The average molecular weight is 377 g/mol. The summed E-state index contributed by atoms with van der Waals surface area (Å²) >= 11 is 1.24. The van der Waals surface area contributed by atoms with E-state index in [0.717, 1.165) is 0 Å². The molecule has 2 atom stereocenters. The van der Waals surface area contributed by atoms with Gasteiger partial charge in [-0.05, 0) is 19.1 Å². The predicted octanol–water partition coefficient (Wildman–Crippen LogP) is 1.40. The molecule has 7 nitrogen and oxygen atoms in total. The zero-order valence-corrected chi connectivity index (χ0v) is 15.0. The Balaban J connectivity index is 2.03. The summed E-state index contributed by atoms with van der Waals surface area (Å²) in [5.41, 5.74) is 1.11. The molecule has 25 heavy (non-hydrogen) atoms. The summed E-state index contributed by atoms with van der Waals surface area (Å²) in [4.78, 5) is 29.1. The molecule has 2 saturated heterocycles. The van der Waals surface area contributed by atoms with Crippen molar-refractivity contribution in [1.29, 1.82) is 5.26 Å². The molecule has 2 aliphatic heterocycles. The van der Waals surface area contributed by atoms with Gasteiger partial charge in [-0.1, -0.05) is 23.9 Å². The van der Waals surface area contributed by atoms with Gasteiger partial charge >= 0.3 is 0 Å². The number of carbonyl (C=O) groups excluding carboxylic acids is 2. The standard InChI is InChI=1S/C16H15N3O4S2/c1-10(20)11-3-2-4-12(7-11)19-13-8-25(22,23)9-14(13)24-16(19)18-15(21)5-6-17/h2-4,7,13-14H,5,8-9H2,1H3/t13-,14+/m0/s1. The third-order valence-corrected chi connectivity index (χ3v) is 7.26. The highest BCUT2D eigenvalue weighted by atomic mass is 32.2. The molecule has 130 valence electrons. The third kappa shape index (κ3) is 3.60. The Morgan fingerprint density at radius 2 is 2.16 bits per heavy atom. The van der Waals surface area contributed by atoms with Crippen LogP contribution in [-0.2, 0) is 14.6 Å². The molecule has 0 radical (unpaired) electrons. The zero-order chi connectivity index (χ0) is 18.2. The van der Waals surface area contributed by atoms with Crippen LogP contribution in [0.25, 0.3) is 0 Å². The van der Waals surface area contributed by atoms with Crippen LogP contribution in [0.2, 0.25) is 0 Å². The van der Waals surface area contributed by atoms with Gasteiger partial charge in [0.25, 0.3) is 5.91 Å². The lowest BCUT2D eigenvalue weighted by Crippen LogP contribution is -2.37. The van der Waals surface area contributed by atoms with E-state index < -0.39 is 15.7 Å². The SMILES string of the molecule is CC(=O)c1cccc(N2C(=NC(=O)CC#N)S[C@@H]3CS(=O)(=O)C[C@@H]32)c1. The number of hydrogen-bond donors (Lipinski definition) is 0. The number of anilines is 1. The van der Waals surface area contributed by atoms with Gasteiger partial charge < -0.3 is 4.90 Å². The van der Waals surface area contributed by atoms with E-state index in [1.807, 2.05) is 0 Å². The van der Waals surface area contributed by atoms with Crippen LogP contribution in [0, 0.1) is 11.3 Å². The molecule has 0 saturated carbocycles. The molecule has 0 aromatic heterocycles. The molecule has 3 rings (SSSR count). The maximum Gasteiger partial charge on any atom is 0.262 e. The van der Waals surface area contributed by atoms with Crippen LogP contribution in [-0.4, -0.2) is 48.1 Å². The van der Waals surface area contributed by atoms with E-state index in [-0.39, 0.29) is 35.0 Å². The van der Waals surface area contributed by atoms with Gasteiger partial charge in [-0.3, -0.25) is 9.59 Å². The molecule has 2 heterocycles. The first-order chi connectivity index (χ1) is 11.8. The fourth-order valence-electron chi connectivity index (χ4n) is 2.96. The number of sulfone groups is 1. The van der Waals surface area contributed by atoms with Gasteiger partial charge in [-0.2, -0.15) is 10.3 Å². The Bertz CT molecular complexity index is 918. The number of nitrogens with zero attached hydrogens (tertiary/aromatic N) is 3. The van der Waals surface area contributed by atoms with Crippen LogP contribution in [0.5, 0.6) is 0 Å². The number of fused-ring (bicyclic) bond motifs is 1. The lowest BCUT2D eigenvalue weighted by molar-refractivity contribution is -0.116. The van der Waals surface area contributed by atoms with Crippen molar-refractivity contribution in [3.8, 4) is 6.07 Å². The van der Waals surface area contributed by atoms with E-state index in [1.54, 1.807) is 35.2 Å². The first-order valence-corrected chi connectivity index (χ1v) is 10.3. The number of rotatable bonds is 3. The van der Waals surface area contributed by atoms with Gasteiger partial charge in [0.15, 0.2) is 20.8 Å². The summed E-state index contributed by atoms with van der Waals surface area (Å²) in [7, 11) is -3.16. The van der Waals surface area contributed by atoms with E-state index >= 15 is 0 Å². The summed E-state index contributed by atoms with van der Waals surface area (Å²) in [6.45, 7) is 1.45. The van der Waals surface area contributed by atoms with E-state index in [0.29, 0.717) is 16.4 Å². The molecular weight excluding hydrogens is 362 g/mol. The summed E-state index contributed by atoms with van der Waals surface area (Å²) in [5, 5.41) is 8.80. The van der Waals surface area contributed by atoms with Gasteiger partial charge in [0.2, 0.25) is 0 Å². The molecule has 0 N–H and O–H groups in total. The lowest BCUT2D eigenvalue weighted by atomic mass is 10.1. The second-order valence-electron chi connectivity index (χ2n) is 5.90. The van der Waals surface area contributed by atoms with Crippen LogP contribution in [0.3, 0.4) is 0 Å². The molecule has 1 amide bonds. The highest BCUT2D eigenvalue weighted by Gasteiger charge is 2.49. The molecular formula is C16H15N3O4S2. The highest BCUT2D eigenvalue weighted by molar-refractivity contribution is 8.16. The second-order valence-corrected chi connectivity index (χ2v) is 9.26. The van der Waals surface area contributed by atoms with E-state index in [1.165, 1.54) is 18.7 Å². The number of nitriles is 1. The smallest absolute Gasteiger partial charge is 0.262 e. The minimum Gasteiger partial charge on any atom is -0.316 e. The Morgan fingerprint density at radius 3 is 2.84 bits per heavy atom. The quantitative estimate of drug-likeness (QED) is 0.733. The maximum absolute atomic E-state index is 12.0. The predicted molar refractivity (Wildman–Crippen MR) is 95.4 cm³/mol. The zero-order valence-electron chi connectivity index (χ0n) is 13.4. The Morgan fingerprint density at radius 1 is 1.40 bits per heavy atom. The molecule has 1 aromatic rings.